The van der Waals surface area contributed by atoms with E-state index in [0.717, 1.165) is 56.9 Å². The first kappa shape index (κ1) is 32.9. The lowest BCUT2D eigenvalue weighted by atomic mass is 10.1. The number of hydrogen-bond donors (Lipinski definition) is 1. The number of nitrogens with zero attached hydrogens (tertiary/aromatic N) is 9. The molecule has 0 radical (unpaired) electrons. The van der Waals surface area contributed by atoms with E-state index in [0.29, 0.717) is 30.8 Å². The van der Waals surface area contributed by atoms with Crippen molar-refractivity contribution in [2.24, 2.45) is 0 Å². The summed E-state index contributed by atoms with van der Waals surface area (Å²) in [6, 6.07) is 1.25. The highest BCUT2D eigenvalue weighted by Gasteiger charge is 2.42. The van der Waals surface area contributed by atoms with Crippen molar-refractivity contribution in [2.75, 3.05) is 71.4 Å². The Morgan fingerprint density at radius 3 is 2.43 bits per heavy atom. The van der Waals surface area contributed by atoms with E-state index in [1.807, 2.05) is 32.7 Å². The Labute approximate surface area is 272 Å². The topological polar surface area (TPSA) is 123 Å². The molecular formula is C29H42F2N10O3S2. The van der Waals surface area contributed by atoms with Crippen LogP contribution in [0.4, 0.5) is 19.3 Å². The van der Waals surface area contributed by atoms with Gasteiger partial charge in [-0.1, -0.05) is 11.3 Å². The minimum Gasteiger partial charge on any atom is -0.366 e. The average Bonchev–Trinajstić information content (AvgIpc) is 3.35. The van der Waals surface area contributed by atoms with Gasteiger partial charge in [-0.15, -0.1) is 10.2 Å². The lowest BCUT2D eigenvalue weighted by Gasteiger charge is -2.46. The van der Waals surface area contributed by atoms with Crippen LogP contribution in [0.2, 0.25) is 0 Å². The molecule has 3 aromatic rings. The molecule has 6 rings (SSSR count). The standard InChI is InChI=1S/C29H42F2N10O3S2/c1-19-16-39(17-20(2)41(19)28(42)37(5)10-13-38-11-8-36(4)9-12-38)22-14-21(46(43,44)35-29(3)6-7-29)18-40-23(22)15-32-25(40)27-34-33-26(45-27)24(30)31/h14-15,18-20,24,35H,6-13,16-17H2,1-5H3/t19-,20-/m0/s1. The lowest BCUT2D eigenvalue weighted by Crippen LogP contribution is -2.61. The molecule has 3 aliphatic rings. The third-order valence-electron chi connectivity index (χ3n) is 9.26. The minimum absolute atomic E-state index is 0.0309. The lowest BCUT2D eigenvalue weighted by molar-refractivity contribution is 0.104. The summed E-state index contributed by atoms with van der Waals surface area (Å²) in [5.41, 5.74) is 0.724. The number of halogens is 2. The smallest absolute Gasteiger partial charge is 0.320 e. The molecule has 0 aromatic carbocycles. The molecule has 2 amide bonds. The first-order valence-electron chi connectivity index (χ1n) is 15.6. The molecule has 1 saturated carbocycles. The zero-order valence-corrected chi connectivity index (χ0v) is 28.5. The molecule has 1 N–H and O–H groups in total. The van der Waals surface area contributed by atoms with E-state index in [-0.39, 0.29) is 33.8 Å². The number of carbonyl (C=O) groups is 1. The van der Waals surface area contributed by atoms with Gasteiger partial charge in [0.1, 0.15) is 4.90 Å². The molecule has 3 aromatic heterocycles. The number of sulfonamides is 1. The summed E-state index contributed by atoms with van der Waals surface area (Å²) in [7, 11) is 0.0349. The van der Waals surface area contributed by atoms with Crippen LogP contribution in [0.25, 0.3) is 16.3 Å². The molecule has 2 saturated heterocycles. The second kappa shape index (κ2) is 12.6. The van der Waals surface area contributed by atoms with E-state index >= 15 is 0 Å². The summed E-state index contributed by atoms with van der Waals surface area (Å²) < 4.78 is 58.3. The van der Waals surface area contributed by atoms with Crippen molar-refractivity contribution < 1.29 is 22.0 Å². The van der Waals surface area contributed by atoms with E-state index in [9.17, 15) is 22.0 Å². The predicted octanol–water partition coefficient (Wildman–Crippen LogP) is 2.82. The number of hydrogen-bond acceptors (Lipinski definition) is 10. The second-order valence-corrected chi connectivity index (χ2v) is 15.9. The number of urea groups is 1. The van der Waals surface area contributed by atoms with Crippen LogP contribution in [0.3, 0.4) is 0 Å². The molecule has 46 heavy (non-hydrogen) atoms. The highest BCUT2D eigenvalue weighted by molar-refractivity contribution is 7.89. The van der Waals surface area contributed by atoms with Gasteiger partial charge in [-0.2, -0.15) is 0 Å². The molecule has 0 spiro atoms. The summed E-state index contributed by atoms with van der Waals surface area (Å²) in [5, 5.41) is 7.25. The summed E-state index contributed by atoms with van der Waals surface area (Å²) in [6.07, 6.45) is 1.77. The van der Waals surface area contributed by atoms with E-state index in [2.05, 4.69) is 41.7 Å². The van der Waals surface area contributed by atoms with Crippen molar-refractivity contribution in [3.63, 3.8) is 0 Å². The van der Waals surface area contributed by atoms with E-state index < -0.39 is 27.0 Å². The molecule has 17 heteroatoms. The maximum absolute atomic E-state index is 13.7. The zero-order valence-electron chi connectivity index (χ0n) is 26.9. The Bertz CT molecular complexity index is 1670. The Balaban J connectivity index is 1.27. The number of fused-ring (bicyclic) bond motifs is 1. The van der Waals surface area contributed by atoms with Crippen LogP contribution in [0.15, 0.2) is 23.4 Å². The minimum atomic E-state index is -3.93. The number of alkyl halides is 2. The van der Waals surface area contributed by atoms with Gasteiger partial charge in [0.15, 0.2) is 15.8 Å². The molecule has 2 atom stereocenters. The van der Waals surface area contributed by atoms with Gasteiger partial charge in [0.2, 0.25) is 10.0 Å². The van der Waals surface area contributed by atoms with Crippen LogP contribution in [-0.4, -0.2) is 138 Å². The van der Waals surface area contributed by atoms with Gasteiger partial charge in [0.25, 0.3) is 6.43 Å². The van der Waals surface area contributed by atoms with Crippen molar-refractivity contribution >= 4 is 38.6 Å². The fourth-order valence-electron chi connectivity index (χ4n) is 6.25. The first-order valence-corrected chi connectivity index (χ1v) is 17.9. The van der Waals surface area contributed by atoms with Crippen LogP contribution in [0, 0.1) is 0 Å². The third-order valence-corrected chi connectivity index (χ3v) is 11.8. The molecule has 0 unspecified atom stereocenters. The Hall–Kier alpha value is -2.99. The first-order chi connectivity index (χ1) is 21.7. The highest BCUT2D eigenvalue weighted by Crippen LogP contribution is 2.38. The van der Waals surface area contributed by atoms with Crippen LogP contribution in [-0.2, 0) is 10.0 Å². The molecular weight excluding hydrogens is 639 g/mol. The number of nitrogens with one attached hydrogen (secondary N) is 1. The molecule has 5 heterocycles. The fourth-order valence-corrected chi connectivity index (χ4v) is 8.43. The van der Waals surface area contributed by atoms with Crippen LogP contribution in [0.5, 0.6) is 0 Å². The zero-order chi connectivity index (χ0) is 33.0. The number of anilines is 1. The number of rotatable bonds is 9. The van der Waals surface area contributed by atoms with Crippen molar-refractivity contribution in [1.82, 2.24) is 43.9 Å². The molecule has 13 nitrogen and oxygen atoms in total. The van der Waals surface area contributed by atoms with Gasteiger partial charge in [0, 0.05) is 83.2 Å². The highest BCUT2D eigenvalue weighted by atomic mass is 32.2. The number of piperazine rings is 2. The van der Waals surface area contributed by atoms with Crippen molar-refractivity contribution in [1.29, 1.82) is 0 Å². The fraction of sp³-hybridized carbons (Fsp3) is 0.655. The normalized spacial score (nSPS) is 22.6. The van der Waals surface area contributed by atoms with Gasteiger partial charge in [0.05, 0.1) is 17.4 Å². The van der Waals surface area contributed by atoms with Crippen molar-refractivity contribution in [3.8, 4) is 10.8 Å². The van der Waals surface area contributed by atoms with Gasteiger partial charge < -0.3 is 19.6 Å². The Morgan fingerprint density at radius 1 is 1.15 bits per heavy atom. The van der Waals surface area contributed by atoms with Crippen LogP contribution >= 0.6 is 11.3 Å². The largest absolute Gasteiger partial charge is 0.366 e. The SMILES string of the molecule is C[C@H]1CN(c2cc(S(=O)(=O)NC3(C)CC3)cn3c(-c4nnc(C(F)F)s4)ncc23)C[C@H](C)N1C(=O)N(C)CCN1CCN(C)CC1. The second-order valence-electron chi connectivity index (χ2n) is 13.2. The Morgan fingerprint density at radius 2 is 1.83 bits per heavy atom. The Kier molecular flexibility index (Phi) is 8.99. The summed E-state index contributed by atoms with van der Waals surface area (Å²) in [4.78, 5) is 28.6. The van der Waals surface area contributed by atoms with Gasteiger partial charge in [-0.3, -0.25) is 9.30 Å². The van der Waals surface area contributed by atoms with Gasteiger partial charge in [-0.05, 0) is 46.7 Å². The average molecular weight is 681 g/mol. The van der Waals surface area contributed by atoms with Crippen molar-refractivity contribution in [2.45, 2.75) is 62.6 Å². The molecule has 0 bridgehead atoms. The molecule has 252 valence electrons. The van der Waals surface area contributed by atoms with Gasteiger partial charge in [-0.25, -0.2) is 31.7 Å². The molecule has 1 aliphatic carbocycles. The quantitative estimate of drug-likeness (QED) is 0.364. The summed E-state index contributed by atoms with van der Waals surface area (Å²) in [5.74, 6) is 0.229. The number of likely N-dealkylation sites (N-methyl/N-ethyl adjacent to an activating group) is 2. The maximum Gasteiger partial charge on any atom is 0.320 e. The number of aromatic nitrogens is 4. The molecule has 2 aliphatic heterocycles. The number of pyridine rings is 1. The predicted molar refractivity (Wildman–Crippen MR) is 172 cm³/mol. The third kappa shape index (κ3) is 6.70. The summed E-state index contributed by atoms with van der Waals surface area (Å²) >= 11 is 0.720. The van der Waals surface area contributed by atoms with Crippen molar-refractivity contribution in [3.05, 3.63) is 23.5 Å². The van der Waals surface area contributed by atoms with Crippen LogP contribution in [0.1, 0.15) is 45.0 Å². The maximum atomic E-state index is 13.7. The number of amides is 2. The summed E-state index contributed by atoms with van der Waals surface area (Å²) in [6.45, 7) is 12.3. The van der Waals surface area contributed by atoms with Crippen LogP contribution < -0.4 is 9.62 Å². The monoisotopic (exact) mass is 680 g/mol. The molecule has 3 fully saturated rings. The van der Waals surface area contributed by atoms with Gasteiger partial charge >= 0.3 is 6.03 Å². The van der Waals surface area contributed by atoms with E-state index in [1.165, 1.54) is 6.20 Å². The number of carbonyl (C=O) groups excluding carboxylic acids is 1. The van der Waals surface area contributed by atoms with E-state index in [1.54, 1.807) is 21.6 Å². The van der Waals surface area contributed by atoms with E-state index in [4.69, 9.17) is 0 Å². The number of imidazole rings is 1.